The summed E-state index contributed by atoms with van der Waals surface area (Å²) in [5.41, 5.74) is 4.08. The van der Waals surface area contributed by atoms with Gasteiger partial charge in [0.1, 0.15) is 0 Å². The van der Waals surface area contributed by atoms with Crippen LogP contribution < -0.4 is 10.6 Å². The molecule has 1 aliphatic rings. The van der Waals surface area contributed by atoms with Crippen molar-refractivity contribution >= 4 is 24.0 Å². The molecule has 0 fully saturated rings. The summed E-state index contributed by atoms with van der Waals surface area (Å²) in [4.78, 5) is 23.4. The molecule has 0 atom stereocenters. The lowest BCUT2D eigenvalue weighted by molar-refractivity contribution is -0.386. The highest BCUT2D eigenvalue weighted by Crippen LogP contribution is 2.31. The number of amides is 1. The molecular formula is C20H24ClN3O3. The van der Waals surface area contributed by atoms with Crippen LogP contribution in [0.5, 0.6) is 0 Å². The number of nitro groups is 1. The molecule has 0 saturated heterocycles. The van der Waals surface area contributed by atoms with Gasteiger partial charge in [-0.15, -0.1) is 12.4 Å². The van der Waals surface area contributed by atoms with Crippen LogP contribution in [-0.2, 0) is 25.0 Å². The fraction of sp³-hybridized carbons (Fsp3) is 0.350. The van der Waals surface area contributed by atoms with E-state index in [2.05, 4.69) is 22.8 Å². The van der Waals surface area contributed by atoms with E-state index in [4.69, 9.17) is 0 Å². The fourth-order valence-corrected chi connectivity index (χ4v) is 3.20. The third-order valence-corrected chi connectivity index (χ3v) is 4.62. The molecule has 2 N–H and O–H groups in total. The first-order chi connectivity index (χ1) is 12.3. The Morgan fingerprint density at radius 1 is 1.15 bits per heavy atom. The van der Waals surface area contributed by atoms with E-state index < -0.39 is 4.92 Å². The zero-order chi connectivity index (χ0) is 18.9. The van der Waals surface area contributed by atoms with Gasteiger partial charge in [-0.2, -0.15) is 0 Å². The van der Waals surface area contributed by atoms with Crippen LogP contribution in [0.2, 0.25) is 0 Å². The second kappa shape index (κ2) is 8.06. The van der Waals surface area contributed by atoms with E-state index in [1.54, 1.807) is 12.1 Å². The predicted octanol–water partition coefficient (Wildman–Crippen LogP) is 3.85. The molecule has 0 bridgehead atoms. The molecule has 2 aromatic carbocycles. The van der Waals surface area contributed by atoms with Crippen LogP contribution in [0.4, 0.5) is 5.69 Å². The third kappa shape index (κ3) is 4.64. The molecule has 3 rings (SSSR count). The number of carbonyl (C=O) groups is 1. The number of nitro benzene ring substituents is 1. The largest absolute Gasteiger partial charge is 0.348 e. The van der Waals surface area contributed by atoms with Crippen LogP contribution in [0.3, 0.4) is 0 Å². The summed E-state index contributed by atoms with van der Waals surface area (Å²) in [5, 5.41) is 17.5. The lowest BCUT2D eigenvalue weighted by atomic mass is 9.85. The molecule has 144 valence electrons. The smallest absolute Gasteiger partial charge is 0.273 e. The van der Waals surface area contributed by atoms with Crippen molar-refractivity contribution in [2.75, 3.05) is 0 Å². The normalized spacial score (nSPS) is 12.9. The van der Waals surface area contributed by atoms with Gasteiger partial charge in [0.25, 0.3) is 11.6 Å². The summed E-state index contributed by atoms with van der Waals surface area (Å²) in [6.07, 6.45) is 0. The SMILES string of the molecule is CC(C)(C)c1ccc(C(=O)NCc2ccc3c(c2)CNC3)cc1[N+](=O)[O-].Cl. The number of nitrogens with one attached hydrogen (secondary N) is 2. The molecule has 6 nitrogen and oxygen atoms in total. The van der Waals surface area contributed by atoms with Gasteiger partial charge in [-0.1, -0.05) is 45.0 Å². The number of hydrogen-bond donors (Lipinski definition) is 2. The number of hydrogen-bond acceptors (Lipinski definition) is 4. The minimum Gasteiger partial charge on any atom is -0.348 e. The van der Waals surface area contributed by atoms with E-state index in [0.717, 1.165) is 18.7 Å². The van der Waals surface area contributed by atoms with Crippen LogP contribution >= 0.6 is 12.4 Å². The standard InChI is InChI=1S/C20H23N3O3.ClH/c1-20(2,3)17-7-6-14(9-18(17)23(25)26)19(24)22-10-13-4-5-15-11-21-12-16(15)8-13;/h4-9,21H,10-12H2,1-3H3,(H,22,24);1H. The summed E-state index contributed by atoms with van der Waals surface area (Å²) < 4.78 is 0. The molecule has 0 radical (unpaired) electrons. The molecule has 1 amide bonds. The van der Waals surface area contributed by atoms with E-state index in [1.165, 1.54) is 17.2 Å². The number of nitrogens with zero attached hydrogens (tertiary/aromatic N) is 1. The second-order valence-electron chi connectivity index (χ2n) is 7.63. The fourth-order valence-electron chi connectivity index (χ4n) is 3.20. The maximum absolute atomic E-state index is 12.4. The number of fused-ring (bicyclic) bond motifs is 1. The lowest BCUT2D eigenvalue weighted by Crippen LogP contribution is -2.23. The summed E-state index contributed by atoms with van der Waals surface area (Å²) in [5.74, 6) is -0.313. The molecule has 27 heavy (non-hydrogen) atoms. The molecular weight excluding hydrogens is 366 g/mol. The molecule has 0 aromatic heterocycles. The van der Waals surface area contributed by atoms with Gasteiger partial charge in [-0.05, 0) is 28.2 Å². The van der Waals surface area contributed by atoms with Crippen molar-refractivity contribution in [3.8, 4) is 0 Å². The average Bonchev–Trinajstić information content (AvgIpc) is 3.06. The van der Waals surface area contributed by atoms with E-state index >= 15 is 0 Å². The van der Waals surface area contributed by atoms with Gasteiger partial charge in [-0.25, -0.2) is 0 Å². The van der Waals surface area contributed by atoms with Crippen molar-refractivity contribution in [1.29, 1.82) is 0 Å². The number of benzene rings is 2. The van der Waals surface area contributed by atoms with Crippen molar-refractivity contribution in [2.24, 2.45) is 0 Å². The maximum atomic E-state index is 12.4. The monoisotopic (exact) mass is 389 g/mol. The highest BCUT2D eigenvalue weighted by atomic mass is 35.5. The average molecular weight is 390 g/mol. The van der Waals surface area contributed by atoms with Crippen LogP contribution in [0.15, 0.2) is 36.4 Å². The van der Waals surface area contributed by atoms with Crippen molar-refractivity contribution in [1.82, 2.24) is 10.6 Å². The van der Waals surface area contributed by atoms with Gasteiger partial charge in [-0.3, -0.25) is 14.9 Å². The first-order valence-corrected chi connectivity index (χ1v) is 8.64. The molecule has 0 spiro atoms. The minimum atomic E-state index is -0.426. The zero-order valence-corrected chi connectivity index (χ0v) is 16.5. The summed E-state index contributed by atoms with van der Waals surface area (Å²) in [6.45, 7) is 7.86. The van der Waals surface area contributed by atoms with Gasteiger partial charge >= 0.3 is 0 Å². The molecule has 7 heteroatoms. The minimum absolute atomic E-state index is 0. The van der Waals surface area contributed by atoms with Crippen molar-refractivity contribution in [2.45, 2.75) is 45.8 Å². The highest BCUT2D eigenvalue weighted by Gasteiger charge is 2.26. The van der Waals surface area contributed by atoms with Crippen LogP contribution in [0.25, 0.3) is 0 Å². The van der Waals surface area contributed by atoms with Crippen molar-refractivity contribution in [3.05, 3.63) is 74.3 Å². The quantitative estimate of drug-likeness (QED) is 0.614. The molecule has 2 aromatic rings. The number of rotatable bonds is 4. The number of halogens is 1. The van der Waals surface area contributed by atoms with Crippen molar-refractivity contribution in [3.63, 3.8) is 0 Å². The summed E-state index contributed by atoms with van der Waals surface area (Å²) in [6, 6.07) is 10.8. The Kier molecular flexibility index (Phi) is 6.23. The molecule has 0 saturated carbocycles. The topological polar surface area (TPSA) is 84.3 Å². The molecule has 1 heterocycles. The highest BCUT2D eigenvalue weighted by molar-refractivity contribution is 5.95. The number of carbonyl (C=O) groups excluding carboxylic acids is 1. The van der Waals surface area contributed by atoms with Gasteiger partial charge in [0.05, 0.1) is 4.92 Å². The Balaban J connectivity index is 0.00000261. The first-order valence-electron chi connectivity index (χ1n) is 8.64. The van der Waals surface area contributed by atoms with Gasteiger partial charge in [0, 0.05) is 36.8 Å². The van der Waals surface area contributed by atoms with Gasteiger partial charge < -0.3 is 10.6 Å². The molecule has 0 aliphatic carbocycles. The maximum Gasteiger partial charge on any atom is 0.273 e. The molecule has 1 aliphatic heterocycles. The van der Waals surface area contributed by atoms with Crippen LogP contribution in [0, 0.1) is 10.1 Å². The first kappa shape index (κ1) is 20.9. The summed E-state index contributed by atoms with van der Waals surface area (Å²) >= 11 is 0. The van der Waals surface area contributed by atoms with E-state index in [1.807, 2.05) is 26.8 Å². The Bertz CT molecular complexity index is 875. The Labute approximate surface area is 164 Å². The van der Waals surface area contributed by atoms with Crippen LogP contribution in [-0.4, -0.2) is 10.8 Å². The van der Waals surface area contributed by atoms with E-state index in [-0.39, 0.29) is 29.4 Å². The van der Waals surface area contributed by atoms with Gasteiger partial charge in [0.15, 0.2) is 0 Å². The lowest BCUT2D eigenvalue weighted by Gasteiger charge is -2.19. The second-order valence-corrected chi connectivity index (χ2v) is 7.63. The molecule has 0 unspecified atom stereocenters. The van der Waals surface area contributed by atoms with Crippen molar-refractivity contribution < 1.29 is 9.72 Å². The van der Waals surface area contributed by atoms with Crippen LogP contribution in [0.1, 0.15) is 53.4 Å². The third-order valence-electron chi connectivity index (χ3n) is 4.62. The van der Waals surface area contributed by atoms with Gasteiger partial charge in [0.2, 0.25) is 0 Å². The van der Waals surface area contributed by atoms with E-state index in [0.29, 0.717) is 17.7 Å². The predicted molar refractivity (Wildman–Crippen MR) is 107 cm³/mol. The summed E-state index contributed by atoms with van der Waals surface area (Å²) in [7, 11) is 0. The Morgan fingerprint density at radius 2 is 1.85 bits per heavy atom. The zero-order valence-electron chi connectivity index (χ0n) is 15.7. The van der Waals surface area contributed by atoms with E-state index in [9.17, 15) is 14.9 Å². The Morgan fingerprint density at radius 3 is 2.52 bits per heavy atom. The Hall–Kier alpha value is -2.44.